The van der Waals surface area contributed by atoms with Crippen molar-refractivity contribution in [2.45, 2.75) is 6.92 Å². The predicted octanol–water partition coefficient (Wildman–Crippen LogP) is 2.26. The Labute approximate surface area is 86.8 Å². The molecule has 0 atom stereocenters. The van der Waals surface area contributed by atoms with E-state index >= 15 is 0 Å². The lowest BCUT2D eigenvalue weighted by Gasteiger charge is -2.06. The Balaban J connectivity index is 2.96. The molecule has 0 saturated carbocycles. The van der Waals surface area contributed by atoms with Gasteiger partial charge in [0.2, 0.25) is 5.75 Å². The van der Waals surface area contributed by atoms with Crippen molar-refractivity contribution < 1.29 is 14.8 Å². The average Bonchev–Trinajstić information content (AvgIpc) is 2.14. The Kier molecular flexibility index (Phi) is 3.28. The van der Waals surface area contributed by atoms with Gasteiger partial charge in [-0.2, -0.15) is 0 Å². The molecule has 0 bridgehead atoms. The molecule has 0 radical (unpaired) electrons. The van der Waals surface area contributed by atoms with E-state index in [1.54, 1.807) is 6.92 Å². The maximum absolute atomic E-state index is 10.6. The maximum atomic E-state index is 10.6. The summed E-state index contributed by atoms with van der Waals surface area (Å²) in [6.07, 6.45) is 0. The van der Waals surface area contributed by atoms with Gasteiger partial charge in [0.25, 0.3) is 0 Å². The molecule has 0 aliphatic heterocycles. The van der Waals surface area contributed by atoms with E-state index in [-0.39, 0.29) is 23.8 Å². The van der Waals surface area contributed by atoms with Crippen LogP contribution in [0.1, 0.15) is 6.92 Å². The van der Waals surface area contributed by atoms with Gasteiger partial charge in [-0.05, 0) is 18.6 Å². The number of nitrogens with zero attached hydrogens (tertiary/aromatic N) is 1. The standard InChI is InChI=1S/C10H11NO4/c1-7(2)6-15-10-5-8(12)3-4-9(10)11(13)14/h3-5,12H,1,6H2,2H3. The van der Waals surface area contributed by atoms with Crippen LogP contribution in [0.4, 0.5) is 5.69 Å². The molecule has 5 nitrogen and oxygen atoms in total. The van der Waals surface area contributed by atoms with Crippen LogP contribution in [0, 0.1) is 10.1 Å². The van der Waals surface area contributed by atoms with Gasteiger partial charge >= 0.3 is 5.69 Å². The van der Waals surface area contributed by atoms with Crippen molar-refractivity contribution >= 4 is 5.69 Å². The number of rotatable bonds is 4. The number of ether oxygens (including phenoxy) is 1. The fourth-order valence-corrected chi connectivity index (χ4v) is 0.970. The summed E-state index contributed by atoms with van der Waals surface area (Å²) in [6.45, 7) is 5.54. The summed E-state index contributed by atoms with van der Waals surface area (Å²) >= 11 is 0. The van der Waals surface area contributed by atoms with Crippen molar-refractivity contribution in [3.8, 4) is 11.5 Å². The largest absolute Gasteiger partial charge is 0.508 e. The van der Waals surface area contributed by atoms with Crippen molar-refractivity contribution in [2.24, 2.45) is 0 Å². The molecule has 0 unspecified atom stereocenters. The van der Waals surface area contributed by atoms with E-state index in [9.17, 15) is 10.1 Å². The minimum absolute atomic E-state index is 0.0444. The molecule has 0 spiro atoms. The average molecular weight is 209 g/mol. The molecule has 1 rings (SSSR count). The SMILES string of the molecule is C=C(C)COc1cc(O)ccc1[N+](=O)[O-]. The number of phenols is 1. The molecule has 0 saturated heterocycles. The summed E-state index contributed by atoms with van der Waals surface area (Å²) in [5.74, 6) is -0.0275. The molecule has 1 N–H and O–H groups in total. The Morgan fingerprint density at radius 1 is 1.67 bits per heavy atom. The van der Waals surface area contributed by atoms with Crippen LogP contribution in [0.3, 0.4) is 0 Å². The smallest absolute Gasteiger partial charge is 0.311 e. The zero-order chi connectivity index (χ0) is 11.4. The summed E-state index contributed by atoms with van der Waals surface area (Å²) < 4.78 is 5.14. The van der Waals surface area contributed by atoms with Gasteiger partial charge in [-0.15, -0.1) is 0 Å². The normalized spacial score (nSPS) is 9.67. The number of hydrogen-bond acceptors (Lipinski definition) is 4. The van der Waals surface area contributed by atoms with E-state index in [1.165, 1.54) is 18.2 Å². The van der Waals surface area contributed by atoms with Crippen molar-refractivity contribution in [3.05, 3.63) is 40.5 Å². The molecule has 1 aromatic rings. The molecule has 5 heteroatoms. The van der Waals surface area contributed by atoms with Gasteiger partial charge in [-0.1, -0.05) is 6.58 Å². The van der Waals surface area contributed by atoms with Crippen molar-refractivity contribution in [3.63, 3.8) is 0 Å². The summed E-state index contributed by atoms with van der Waals surface area (Å²) in [5, 5.41) is 19.8. The van der Waals surface area contributed by atoms with Gasteiger partial charge in [0.15, 0.2) is 0 Å². The minimum Gasteiger partial charge on any atom is -0.508 e. The lowest BCUT2D eigenvalue weighted by atomic mass is 10.3. The molecule has 0 amide bonds. The third-order valence-electron chi connectivity index (χ3n) is 1.61. The second-order valence-corrected chi connectivity index (χ2v) is 3.15. The van der Waals surface area contributed by atoms with Gasteiger partial charge in [0.1, 0.15) is 12.4 Å². The Morgan fingerprint density at radius 3 is 2.87 bits per heavy atom. The highest BCUT2D eigenvalue weighted by Crippen LogP contribution is 2.30. The van der Waals surface area contributed by atoms with Crippen LogP contribution < -0.4 is 4.74 Å². The highest BCUT2D eigenvalue weighted by Gasteiger charge is 2.15. The molecule has 80 valence electrons. The predicted molar refractivity (Wildman–Crippen MR) is 55.1 cm³/mol. The van der Waals surface area contributed by atoms with E-state index in [0.29, 0.717) is 0 Å². The highest BCUT2D eigenvalue weighted by atomic mass is 16.6. The van der Waals surface area contributed by atoms with Crippen LogP contribution in [-0.2, 0) is 0 Å². The van der Waals surface area contributed by atoms with Crippen molar-refractivity contribution in [2.75, 3.05) is 6.61 Å². The number of aromatic hydroxyl groups is 1. The van der Waals surface area contributed by atoms with Crippen molar-refractivity contribution in [1.29, 1.82) is 0 Å². The fourth-order valence-electron chi connectivity index (χ4n) is 0.970. The quantitative estimate of drug-likeness (QED) is 0.469. The van der Waals surface area contributed by atoms with E-state index < -0.39 is 4.92 Å². The summed E-state index contributed by atoms with van der Waals surface area (Å²) in [5.41, 5.74) is 0.571. The Bertz CT molecular complexity index is 400. The van der Waals surface area contributed by atoms with E-state index in [1.807, 2.05) is 0 Å². The summed E-state index contributed by atoms with van der Waals surface area (Å²) in [4.78, 5) is 10.0. The van der Waals surface area contributed by atoms with Crippen LogP contribution in [0.15, 0.2) is 30.4 Å². The molecule has 15 heavy (non-hydrogen) atoms. The number of benzene rings is 1. The van der Waals surface area contributed by atoms with Crippen LogP contribution >= 0.6 is 0 Å². The highest BCUT2D eigenvalue weighted by molar-refractivity contribution is 5.50. The lowest BCUT2D eigenvalue weighted by molar-refractivity contribution is -0.385. The Hall–Kier alpha value is -2.04. The number of nitro groups is 1. The number of nitro benzene ring substituents is 1. The first-order chi connectivity index (χ1) is 7.00. The van der Waals surface area contributed by atoms with E-state index in [4.69, 9.17) is 9.84 Å². The van der Waals surface area contributed by atoms with E-state index in [0.717, 1.165) is 5.57 Å². The molecule has 0 heterocycles. The van der Waals surface area contributed by atoms with Crippen molar-refractivity contribution in [1.82, 2.24) is 0 Å². The van der Waals surface area contributed by atoms with Gasteiger partial charge in [0.05, 0.1) is 4.92 Å². The molecular weight excluding hydrogens is 198 g/mol. The molecular formula is C10H11NO4. The minimum atomic E-state index is -0.562. The zero-order valence-electron chi connectivity index (χ0n) is 8.27. The number of hydrogen-bond donors (Lipinski definition) is 1. The summed E-state index contributed by atoms with van der Waals surface area (Å²) in [6, 6.07) is 3.65. The molecule has 0 aliphatic rings. The summed E-state index contributed by atoms with van der Waals surface area (Å²) in [7, 11) is 0. The zero-order valence-corrected chi connectivity index (χ0v) is 8.27. The molecule has 0 aliphatic carbocycles. The van der Waals surface area contributed by atoms with Crippen LogP contribution in [0.5, 0.6) is 11.5 Å². The lowest BCUT2D eigenvalue weighted by Crippen LogP contribution is -2.00. The maximum Gasteiger partial charge on any atom is 0.311 e. The van der Waals surface area contributed by atoms with Gasteiger partial charge in [-0.3, -0.25) is 10.1 Å². The second-order valence-electron chi connectivity index (χ2n) is 3.15. The first kappa shape index (κ1) is 11.0. The third-order valence-corrected chi connectivity index (χ3v) is 1.61. The number of phenolic OH excluding ortho intramolecular Hbond substituents is 1. The third kappa shape index (κ3) is 2.98. The molecule has 0 fully saturated rings. The van der Waals surface area contributed by atoms with Crippen LogP contribution in [-0.4, -0.2) is 16.6 Å². The monoisotopic (exact) mass is 209 g/mol. The fraction of sp³-hybridized carbons (Fsp3) is 0.200. The molecule has 1 aromatic carbocycles. The Morgan fingerprint density at radius 2 is 2.33 bits per heavy atom. The first-order valence-corrected chi connectivity index (χ1v) is 4.25. The van der Waals surface area contributed by atoms with Gasteiger partial charge in [0, 0.05) is 12.1 Å². The van der Waals surface area contributed by atoms with Gasteiger partial charge in [-0.25, -0.2) is 0 Å². The second kappa shape index (κ2) is 4.45. The molecule has 0 aromatic heterocycles. The topological polar surface area (TPSA) is 72.6 Å². The van der Waals surface area contributed by atoms with Crippen LogP contribution in [0.2, 0.25) is 0 Å². The first-order valence-electron chi connectivity index (χ1n) is 4.25. The van der Waals surface area contributed by atoms with Gasteiger partial charge < -0.3 is 9.84 Å². The van der Waals surface area contributed by atoms with Crippen LogP contribution in [0.25, 0.3) is 0 Å². The van der Waals surface area contributed by atoms with E-state index in [2.05, 4.69) is 6.58 Å².